The third-order valence-electron chi connectivity index (χ3n) is 22.3. The number of H-pyrrole nitrogens is 1. The monoisotopic (exact) mass is 2070 g/mol. The zero-order valence-corrected chi connectivity index (χ0v) is 83.4. The van der Waals surface area contributed by atoms with Crippen LogP contribution < -0.4 is 120 Å². The van der Waals surface area contributed by atoms with Crippen molar-refractivity contribution in [1.82, 2.24) is 89.6 Å². The number of carbonyl (C=O) groups is 19. The topological polar surface area (TPSA) is 844 Å². The minimum atomic E-state index is -1.76. The Balaban J connectivity index is 1.48. The second kappa shape index (κ2) is 60.9. The van der Waals surface area contributed by atoms with Crippen molar-refractivity contribution in [2.45, 2.75) is 241 Å². The van der Waals surface area contributed by atoms with Crippen molar-refractivity contribution in [3.63, 3.8) is 0 Å². The minimum Gasteiger partial charge on any atom is -0.508 e. The van der Waals surface area contributed by atoms with Gasteiger partial charge < -0.3 is 155 Å². The van der Waals surface area contributed by atoms with Crippen LogP contribution in [0.25, 0.3) is 10.9 Å². The van der Waals surface area contributed by atoms with Crippen molar-refractivity contribution in [1.29, 1.82) is 0 Å². The van der Waals surface area contributed by atoms with E-state index < -0.39 is 264 Å². The number of carboxylic acid groups (broad SMARTS) is 3. The lowest BCUT2D eigenvalue weighted by Crippen LogP contribution is -2.61. The number of aliphatic hydroxyl groups excluding tert-OH is 1. The second-order valence-corrected chi connectivity index (χ2v) is 38.9. The van der Waals surface area contributed by atoms with E-state index in [0.717, 1.165) is 28.5 Å². The summed E-state index contributed by atoms with van der Waals surface area (Å²) in [6.07, 6.45) is 0.147. The van der Waals surface area contributed by atoms with Crippen LogP contribution in [-0.2, 0) is 104 Å². The molecular formula is C87H135N27O24S4. The summed E-state index contributed by atoms with van der Waals surface area (Å²) in [7, 11) is 1.68. The highest BCUT2D eigenvalue weighted by Crippen LogP contribution is 2.27. The molecule has 3 aromatic rings. The number of carbonyl (C=O) groups excluding carboxylic acids is 16. The Hall–Kier alpha value is -13.2. The zero-order valence-electron chi connectivity index (χ0n) is 80.1. The van der Waals surface area contributed by atoms with E-state index in [1.807, 2.05) is 0 Å². The fraction of sp³-hybridized carbons (Fsp3) is 0.586. The molecule has 55 heteroatoms. The van der Waals surface area contributed by atoms with Crippen molar-refractivity contribution < 1.29 is 117 Å². The molecule has 2 fully saturated rings. The summed E-state index contributed by atoms with van der Waals surface area (Å²) in [6.45, 7) is 7.33. The first-order valence-electron chi connectivity index (χ1n) is 45.8. The summed E-state index contributed by atoms with van der Waals surface area (Å²) in [5.74, 6) is -23.1. The largest absolute Gasteiger partial charge is 0.508 e. The van der Waals surface area contributed by atoms with E-state index in [9.17, 15) is 82.8 Å². The number of nitrogens with two attached hydrogens (primary N) is 7. The number of aliphatic imine (C=N–C) groups is 3. The van der Waals surface area contributed by atoms with Gasteiger partial charge in [-0.15, -0.1) is 0 Å². The Morgan fingerprint density at radius 3 is 1.61 bits per heavy atom. The first-order chi connectivity index (χ1) is 67.1. The average molecular weight is 2070 g/mol. The standard InChI is InChI=1S/C87H135N27O24S4/c1-42(2)66(111-75(128)56(28-34-140-8)102-69(122)44(5)100-71(124)53(18-12-30-96-86(91)92)103-73(126)55(27-33-139-7)105-82(135)68(45(6)115)113-70(123)50(88)37-65(120)121)81(134)99-39-63(117)101-52(17-11-29-95-85(89)90)72(125)109-60-40-141-142-41-61(79(132)108-59(36-47-38-98-51-16-10-9-15-49(47)51)77(130)104-54(25-26-64(118)119)74(127)112-67(43(3)4)84(137)138)110-80(133)62-20-14-32-114(62)83(136)57(19-13-31-97-87(93)94)106-76(129)58(107-78(60)131)35-46-21-23-48(116)24-22-46/h9-10,15-16,21-24,38,42-45,50,52-62,66-68,98,115-116H,11-14,17-20,25-37,39-41,88H2,1-8H3,(H,99,134)(H,100,124)(H,101,117)(H,102,122)(H,103,126)(H,104,130)(H,105,135)(H,106,129)(H,107,131)(H,108,132)(H,109,125)(H,110,133)(H,111,128)(H,112,127)(H,113,123)(H,118,119)(H,120,121)(H,137,138)(H4,89,90,95)(H4,91,92,96)(H4,93,94,97)/t44-,45+,50-,52-,53-,54+,55-,56-,57+,58-,59+,60-,61-,62-,66-,67+,68-/m0/s1. The van der Waals surface area contributed by atoms with Gasteiger partial charge in [0.1, 0.15) is 96.4 Å². The molecule has 0 radical (unpaired) electrons. The number of rotatable bonds is 55. The Morgan fingerprint density at radius 2 is 1.04 bits per heavy atom. The third-order valence-corrected chi connectivity index (χ3v) is 26.1. The molecule has 2 aromatic carbocycles. The van der Waals surface area contributed by atoms with E-state index in [-0.39, 0.29) is 138 Å². The molecule has 2 aliphatic rings. The highest BCUT2D eigenvalue weighted by molar-refractivity contribution is 8.76. The van der Waals surface area contributed by atoms with Crippen LogP contribution in [-0.4, -0.2) is 337 Å². The third kappa shape index (κ3) is 41.2. The molecule has 0 aliphatic carbocycles. The number of aliphatic carboxylic acids is 3. The summed E-state index contributed by atoms with van der Waals surface area (Å²) in [6, 6.07) is -12.6. The summed E-state index contributed by atoms with van der Waals surface area (Å²) >= 11 is 2.55. The van der Waals surface area contributed by atoms with Gasteiger partial charge in [0.25, 0.3) is 0 Å². The van der Waals surface area contributed by atoms with Gasteiger partial charge in [0.15, 0.2) is 17.9 Å². The van der Waals surface area contributed by atoms with Crippen LogP contribution >= 0.6 is 45.1 Å². The number of aromatic nitrogens is 1. The quantitative estimate of drug-likeness (QED) is 0.0108. The molecule has 142 heavy (non-hydrogen) atoms. The summed E-state index contributed by atoms with van der Waals surface area (Å²) in [5, 5.41) is 88.7. The number of thioether (sulfide) groups is 2. The Labute approximate surface area is 835 Å². The maximum absolute atomic E-state index is 15.4. The van der Waals surface area contributed by atoms with Crippen LogP contribution in [0.1, 0.15) is 136 Å². The fourth-order valence-electron chi connectivity index (χ4n) is 14.6. The number of nitrogens with one attached hydrogen (secondary N) is 16. The maximum atomic E-state index is 15.4. The van der Waals surface area contributed by atoms with Gasteiger partial charge in [0.05, 0.1) is 25.1 Å². The van der Waals surface area contributed by atoms with Crippen molar-refractivity contribution in [3.8, 4) is 5.75 Å². The SMILES string of the molecule is CSCC[C@H](NC(=O)[C@H](C)NC(=O)[C@H](CCCN=C(N)N)NC(=O)[C@H](CCSC)NC(=O)[C@@H](NC(=O)[C@@H](N)CC(=O)O)[C@@H](C)O)C(=O)N[C@H](C(=O)NCC(=O)N[C@@H](CCCN=C(N)N)C(=O)N[C@H]1CSSC[C@@H](C(=O)N[C@H](Cc2c[nH]c3ccccc23)C(=O)N[C@H](CCC(=O)O)C(=O)N[C@@H](C(=O)O)C(C)C)NC(=O)[C@@H]2CCCN2C(=O)[C@@H](CCCN=C(N)N)NC(=O)[C@H](Cc2ccc(O)cc2)NC1=O)C(C)C. The van der Waals surface area contributed by atoms with E-state index in [2.05, 4.69) is 99.7 Å². The number of amides is 16. The number of phenols is 1. The molecule has 51 nitrogen and oxygen atoms in total. The molecule has 17 atom stereocenters. The second-order valence-electron chi connectivity index (χ2n) is 34.4. The van der Waals surface area contributed by atoms with E-state index in [0.29, 0.717) is 22.0 Å². The molecule has 0 unspecified atom stereocenters. The summed E-state index contributed by atoms with van der Waals surface area (Å²) in [4.78, 5) is 284. The number of aliphatic hydroxyl groups is 1. The molecule has 786 valence electrons. The van der Waals surface area contributed by atoms with Crippen LogP contribution in [0.5, 0.6) is 5.75 Å². The number of guanidine groups is 3. The number of fused-ring (bicyclic) bond motifs is 2. The van der Waals surface area contributed by atoms with Gasteiger partial charge in [0, 0.05) is 74.0 Å². The van der Waals surface area contributed by atoms with Crippen molar-refractivity contribution in [2.75, 3.05) is 68.2 Å². The number of aromatic amines is 1. The molecule has 0 saturated carbocycles. The number of carboxylic acids is 3. The number of aromatic hydroxyl groups is 1. The molecule has 3 heterocycles. The number of hydrogen-bond donors (Lipinski definition) is 28. The summed E-state index contributed by atoms with van der Waals surface area (Å²) in [5.41, 5.74) is 40.8. The number of phenolic OH excluding ortho intramolecular Hbond substituents is 1. The summed E-state index contributed by atoms with van der Waals surface area (Å²) < 4.78 is 0. The number of benzene rings is 2. The lowest BCUT2D eigenvalue weighted by atomic mass is 10.0. The molecule has 1 aromatic heterocycles. The van der Waals surface area contributed by atoms with Gasteiger partial charge in [-0.1, -0.05) is 79.6 Å². The predicted octanol–water partition coefficient (Wildman–Crippen LogP) is -6.92. The van der Waals surface area contributed by atoms with Gasteiger partial charge in [0.2, 0.25) is 94.5 Å². The van der Waals surface area contributed by atoms with Crippen LogP contribution in [0, 0.1) is 11.8 Å². The smallest absolute Gasteiger partial charge is 0.326 e. The molecule has 2 aliphatic heterocycles. The van der Waals surface area contributed by atoms with Crippen LogP contribution in [0.3, 0.4) is 0 Å². The highest BCUT2D eigenvalue weighted by atomic mass is 33.1. The first kappa shape index (κ1) is 119. The van der Waals surface area contributed by atoms with E-state index in [1.165, 1.54) is 73.5 Å². The fourth-order valence-corrected chi connectivity index (χ4v) is 17.9. The Kier molecular flexibility index (Phi) is 51.1. The van der Waals surface area contributed by atoms with E-state index >= 15 is 28.8 Å². The first-order valence-corrected chi connectivity index (χ1v) is 51.0. The number of nitrogens with zero attached hydrogens (tertiary/aromatic N) is 4. The predicted molar refractivity (Wildman–Crippen MR) is 531 cm³/mol. The van der Waals surface area contributed by atoms with Crippen molar-refractivity contribution in [3.05, 3.63) is 65.9 Å². The molecule has 0 bridgehead atoms. The highest BCUT2D eigenvalue weighted by Gasteiger charge is 2.43. The van der Waals surface area contributed by atoms with Crippen LogP contribution in [0.4, 0.5) is 0 Å². The molecule has 2 saturated heterocycles. The number of hydrogen-bond acceptors (Lipinski definition) is 29. The molecular weight excluding hydrogens is 1940 g/mol. The van der Waals surface area contributed by atoms with Gasteiger partial charge in [-0.3, -0.25) is 101 Å². The maximum Gasteiger partial charge on any atom is 0.326 e. The zero-order chi connectivity index (χ0) is 106. The molecule has 35 N–H and O–H groups in total. The number of para-hydroxylation sites is 1. The lowest BCUT2D eigenvalue weighted by Gasteiger charge is -2.31. The molecule has 16 amide bonds. The van der Waals surface area contributed by atoms with Gasteiger partial charge in [-0.05, 0) is 150 Å². The van der Waals surface area contributed by atoms with Crippen LogP contribution in [0.15, 0.2) is 69.7 Å². The van der Waals surface area contributed by atoms with E-state index in [1.54, 1.807) is 56.8 Å². The van der Waals surface area contributed by atoms with E-state index in [4.69, 9.17) is 45.2 Å². The lowest BCUT2D eigenvalue weighted by molar-refractivity contribution is -0.144. The van der Waals surface area contributed by atoms with Crippen LogP contribution in [0.2, 0.25) is 0 Å². The molecule has 5 rings (SSSR count). The molecule has 0 spiro atoms. The minimum absolute atomic E-state index is 0.0234. The Bertz CT molecular complexity index is 4950. The Morgan fingerprint density at radius 1 is 0.528 bits per heavy atom. The van der Waals surface area contributed by atoms with Gasteiger partial charge >= 0.3 is 17.9 Å². The normalized spacial score (nSPS) is 18.3. The van der Waals surface area contributed by atoms with Gasteiger partial charge in [-0.2, -0.15) is 23.5 Å². The van der Waals surface area contributed by atoms with Gasteiger partial charge in [-0.25, -0.2) is 4.79 Å². The van der Waals surface area contributed by atoms with Crippen molar-refractivity contribution in [2.24, 2.45) is 66.9 Å². The average Bonchev–Trinajstić information content (AvgIpc) is 1.71. The van der Waals surface area contributed by atoms with Crippen molar-refractivity contribution >= 4 is 186 Å².